The van der Waals surface area contributed by atoms with Crippen molar-refractivity contribution in [1.29, 1.82) is 0 Å². The Morgan fingerprint density at radius 1 is 1.19 bits per heavy atom. The van der Waals surface area contributed by atoms with Crippen LogP contribution in [0.5, 0.6) is 0 Å². The zero-order valence-corrected chi connectivity index (χ0v) is 18.5. The summed E-state index contributed by atoms with van der Waals surface area (Å²) in [6.07, 6.45) is 3.53. The second-order valence-electron chi connectivity index (χ2n) is 8.68. The summed E-state index contributed by atoms with van der Waals surface area (Å²) in [4.78, 5) is 31.0. The lowest BCUT2D eigenvalue weighted by atomic mass is 9.97. The third-order valence-corrected chi connectivity index (χ3v) is 5.59. The second kappa shape index (κ2) is 8.58. The minimum atomic E-state index is -0.970. The van der Waals surface area contributed by atoms with Crippen LogP contribution in [0.25, 0.3) is 5.65 Å². The zero-order chi connectivity index (χ0) is 22.9. The number of rotatable bonds is 5. The molecule has 32 heavy (non-hydrogen) atoms. The summed E-state index contributed by atoms with van der Waals surface area (Å²) >= 11 is 0. The van der Waals surface area contributed by atoms with Crippen molar-refractivity contribution in [3.8, 4) is 0 Å². The average Bonchev–Trinajstić information content (AvgIpc) is 3.21. The number of amides is 2. The van der Waals surface area contributed by atoms with Gasteiger partial charge < -0.3 is 20.6 Å². The molecule has 9 heteroatoms. The molecule has 0 spiro atoms. The van der Waals surface area contributed by atoms with Crippen LogP contribution in [0, 0.1) is 0 Å². The lowest BCUT2D eigenvalue weighted by molar-refractivity contribution is -0.119. The first kappa shape index (κ1) is 21.8. The highest BCUT2D eigenvalue weighted by Crippen LogP contribution is 2.24. The number of fused-ring (bicyclic) bond motifs is 1. The van der Waals surface area contributed by atoms with E-state index in [1.807, 2.05) is 0 Å². The standard InChI is InChI=1S/C23H28N6O3/c1-15(30)25-18-5-4-12-28(14-18)21-13-19(26-20-10-11-24-29(20)21)27-22(31)16-6-8-17(9-7-16)23(2,3)32/h6-11,13,18,32H,4-5,12,14H2,1-3H3,(H,25,30)(H,26,27,31)/t18-/m0/s1. The van der Waals surface area contributed by atoms with Crippen molar-refractivity contribution in [1.82, 2.24) is 19.9 Å². The molecule has 3 N–H and O–H groups in total. The predicted octanol–water partition coefficient (Wildman–Crippen LogP) is 2.31. The Morgan fingerprint density at radius 2 is 1.94 bits per heavy atom. The molecule has 0 radical (unpaired) electrons. The summed E-state index contributed by atoms with van der Waals surface area (Å²) in [7, 11) is 0. The molecular formula is C23H28N6O3. The topological polar surface area (TPSA) is 112 Å². The highest BCUT2D eigenvalue weighted by atomic mass is 16.3. The zero-order valence-electron chi connectivity index (χ0n) is 18.5. The molecule has 0 aliphatic carbocycles. The monoisotopic (exact) mass is 436 g/mol. The molecule has 0 bridgehead atoms. The third kappa shape index (κ3) is 4.72. The van der Waals surface area contributed by atoms with Crippen molar-refractivity contribution < 1.29 is 14.7 Å². The molecule has 1 fully saturated rings. The van der Waals surface area contributed by atoms with E-state index in [0.29, 0.717) is 23.6 Å². The number of benzene rings is 1. The van der Waals surface area contributed by atoms with E-state index in [9.17, 15) is 14.7 Å². The van der Waals surface area contributed by atoms with Crippen LogP contribution < -0.4 is 15.5 Å². The van der Waals surface area contributed by atoms with Gasteiger partial charge in [0.05, 0.1) is 11.8 Å². The van der Waals surface area contributed by atoms with Gasteiger partial charge in [-0.25, -0.2) is 4.98 Å². The van der Waals surface area contributed by atoms with Gasteiger partial charge in [0.2, 0.25) is 5.91 Å². The molecule has 0 unspecified atom stereocenters. The molecule has 1 atom stereocenters. The van der Waals surface area contributed by atoms with Gasteiger partial charge in [0.1, 0.15) is 11.6 Å². The van der Waals surface area contributed by atoms with Crippen LogP contribution in [0.15, 0.2) is 42.6 Å². The number of anilines is 2. The van der Waals surface area contributed by atoms with Gasteiger partial charge in [-0.2, -0.15) is 9.61 Å². The average molecular weight is 437 g/mol. The SMILES string of the molecule is CC(=O)N[C@H]1CCCN(c2cc(NC(=O)c3ccc(C(C)(C)O)cc3)nc3ccnn23)C1. The molecule has 168 valence electrons. The van der Waals surface area contributed by atoms with Crippen LogP contribution in [-0.4, -0.2) is 50.7 Å². The van der Waals surface area contributed by atoms with Crippen molar-refractivity contribution >= 4 is 29.1 Å². The lowest BCUT2D eigenvalue weighted by Gasteiger charge is -2.34. The molecule has 1 saturated heterocycles. The van der Waals surface area contributed by atoms with Gasteiger partial charge in [0.15, 0.2) is 5.65 Å². The minimum absolute atomic E-state index is 0.0422. The summed E-state index contributed by atoms with van der Waals surface area (Å²) in [5.41, 5.74) is 0.853. The van der Waals surface area contributed by atoms with E-state index in [1.165, 1.54) is 6.92 Å². The summed E-state index contributed by atoms with van der Waals surface area (Å²) < 4.78 is 1.74. The van der Waals surface area contributed by atoms with Crippen LogP contribution >= 0.6 is 0 Å². The molecule has 2 amide bonds. The highest BCUT2D eigenvalue weighted by molar-refractivity contribution is 6.04. The van der Waals surface area contributed by atoms with E-state index in [2.05, 4.69) is 25.6 Å². The molecule has 9 nitrogen and oxygen atoms in total. The number of hydrogen-bond donors (Lipinski definition) is 3. The number of hydrogen-bond acceptors (Lipinski definition) is 6. The Labute approximate surface area is 186 Å². The van der Waals surface area contributed by atoms with E-state index >= 15 is 0 Å². The molecule has 3 aromatic rings. The van der Waals surface area contributed by atoms with E-state index in [1.54, 1.807) is 61.0 Å². The molecule has 0 saturated carbocycles. The van der Waals surface area contributed by atoms with Gasteiger partial charge in [0, 0.05) is 43.8 Å². The number of aromatic nitrogens is 3. The first-order chi connectivity index (χ1) is 15.2. The maximum Gasteiger partial charge on any atom is 0.256 e. The number of carbonyl (C=O) groups is 2. The van der Waals surface area contributed by atoms with E-state index in [-0.39, 0.29) is 17.9 Å². The van der Waals surface area contributed by atoms with Crippen LogP contribution in [-0.2, 0) is 10.4 Å². The Bertz CT molecular complexity index is 1130. The number of carbonyl (C=O) groups excluding carboxylic acids is 2. The lowest BCUT2D eigenvalue weighted by Crippen LogP contribution is -2.47. The fraction of sp³-hybridized carbons (Fsp3) is 0.391. The summed E-state index contributed by atoms with van der Waals surface area (Å²) in [5, 5.41) is 20.4. The first-order valence-electron chi connectivity index (χ1n) is 10.7. The largest absolute Gasteiger partial charge is 0.386 e. The predicted molar refractivity (Wildman–Crippen MR) is 122 cm³/mol. The van der Waals surface area contributed by atoms with Gasteiger partial charge in [-0.3, -0.25) is 9.59 Å². The van der Waals surface area contributed by atoms with Gasteiger partial charge in [-0.15, -0.1) is 0 Å². The van der Waals surface area contributed by atoms with Gasteiger partial charge in [-0.1, -0.05) is 12.1 Å². The number of piperidine rings is 1. The van der Waals surface area contributed by atoms with Crippen LogP contribution in [0.2, 0.25) is 0 Å². The number of nitrogens with zero attached hydrogens (tertiary/aromatic N) is 4. The summed E-state index contributed by atoms with van der Waals surface area (Å²) in [6.45, 7) is 6.40. The molecule has 1 aliphatic heterocycles. The van der Waals surface area contributed by atoms with Crippen molar-refractivity contribution in [2.75, 3.05) is 23.3 Å². The maximum absolute atomic E-state index is 12.8. The van der Waals surface area contributed by atoms with E-state index in [4.69, 9.17) is 0 Å². The molecular weight excluding hydrogens is 408 g/mol. The smallest absolute Gasteiger partial charge is 0.256 e. The third-order valence-electron chi connectivity index (χ3n) is 5.59. The van der Waals surface area contributed by atoms with Crippen LogP contribution in [0.1, 0.15) is 49.5 Å². The summed E-state index contributed by atoms with van der Waals surface area (Å²) in [6, 6.07) is 10.5. The van der Waals surface area contributed by atoms with Crippen LogP contribution in [0.4, 0.5) is 11.6 Å². The molecule has 3 heterocycles. The van der Waals surface area contributed by atoms with Crippen molar-refractivity contribution in [2.24, 2.45) is 0 Å². The molecule has 4 rings (SSSR count). The quantitative estimate of drug-likeness (QED) is 0.566. The molecule has 1 aromatic carbocycles. The van der Waals surface area contributed by atoms with Gasteiger partial charge >= 0.3 is 0 Å². The van der Waals surface area contributed by atoms with Crippen molar-refractivity contribution in [3.05, 3.63) is 53.7 Å². The Balaban J connectivity index is 1.58. The fourth-order valence-electron chi connectivity index (χ4n) is 3.99. The molecule has 2 aromatic heterocycles. The minimum Gasteiger partial charge on any atom is -0.386 e. The summed E-state index contributed by atoms with van der Waals surface area (Å²) in [5.74, 6) is 0.901. The maximum atomic E-state index is 12.8. The van der Waals surface area contributed by atoms with Crippen LogP contribution in [0.3, 0.4) is 0 Å². The fourth-order valence-corrected chi connectivity index (χ4v) is 3.99. The number of aliphatic hydroxyl groups is 1. The molecule has 1 aliphatic rings. The van der Waals surface area contributed by atoms with Gasteiger partial charge in [-0.05, 0) is 44.4 Å². The van der Waals surface area contributed by atoms with E-state index in [0.717, 1.165) is 30.8 Å². The van der Waals surface area contributed by atoms with Crippen molar-refractivity contribution in [2.45, 2.75) is 45.3 Å². The number of nitrogens with one attached hydrogen (secondary N) is 2. The Morgan fingerprint density at radius 3 is 2.62 bits per heavy atom. The normalized spacial score (nSPS) is 16.8. The second-order valence-corrected chi connectivity index (χ2v) is 8.68. The Kier molecular flexibility index (Phi) is 5.84. The Hall–Kier alpha value is -3.46. The van der Waals surface area contributed by atoms with Gasteiger partial charge in [0.25, 0.3) is 5.91 Å². The van der Waals surface area contributed by atoms with E-state index < -0.39 is 5.60 Å². The first-order valence-corrected chi connectivity index (χ1v) is 10.7. The van der Waals surface area contributed by atoms with Crippen molar-refractivity contribution in [3.63, 3.8) is 0 Å². The highest BCUT2D eigenvalue weighted by Gasteiger charge is 2.24.